The summed E-state index contributed by atoms with van der Waals surface area (Å²) in [6, 6.07) is 9.80. The van der Waals surface area contributed by atoms with Gasteiger partial charge in [0.1, 0.15) is 5.69 Å². The van der Waals surface area contributed by atoms with Crippen LogP contribution in [0.2, 0.25) is 0 Å². The molecule has 0 radical (unpaired) electrons. The standard InChI is InChI=1S/C21H27N5O2/c27-20(26-11-5-1-2-6-12-26)18-9-10-22-21(24-18)23-17-7-3-4-8-19(17)25-13-15-28-16-14-25/h3-4,7-10H,1-2,5-6,11-16H2,(H,22,23,24). The lowest BCUT2D eigenvalue weighted by atomic mass is 10.2. The molecule has 0 saturated carbocycles. The van der Waals surface area contributed by atoms with E-state index in [1.807, 2.05) is 23.1 Å². The number of carbonyl (C=O) groups excluding carboxylic acids is 1. The highest BCUT2D eigenvalue weighted by atomic mass is 16.5. The van der Waals surface area contributed by atoms with Gasteiger partial charge in [-0.15, -0.1) is 0 Å². The van der Waals surface area contributed by atoms with E-state index < -0.39 is 0 Å². The molecule has 4 rings (SSSR count). The van der Waals surface area contributed by atoms with Crippen molar-refractivity contribution in [2.75, 3.05) is 49.6 Å². The number of carbonyl (C=O) groups is 1. The van der Waals surface area contributed by atoms with Gasteiger partial charge >= 0.3 is 0 Å². The topological polar surface area (TPSA) is 70.6 Å². The van der Waals surface area contributed by atoms with Crippen LogP contribution in [-0.4, -0.2) is 60.2 Å². The van der Waals surface area contributed by atoms with E-state index in [9.17, 15) is 4.79 Å². The molecule has 3 heterocycles. The molecule has 0 aliphatic carbocycles. The molecule has 148 valence electrons. The zero-order chi connectivity index (χ0) is 19.2. The first-order valence-electron chi connectivity index (χ1n) is 10.1. The second-order valence-electron chi connectivity index (χ2n) is 7.21. The van der Waals surface area contributed by atoms with E-state index in [2.05, 4.69) is 26.3 Å². The van der Waals surface area contributed by atoms with Crippen LogP contribution >= 0.6 is 0 Å². The van der Waals surface area contributed by atoms with E-state index in [0.717, 1.165) is 63.6 Å². The Morgan fingerprint density at radius 3 is 2.50 bits per heavy atom. The van der Waals surface area contributed by atoms with Gasteiger partial charge in [-0.05, 0) is 31.0 Å². The molecule has 7 nitrogen and oxygen atoms in total. The van der Waals surface area contributed by atoms with Gasteiger partial charge in [0.05, 0.1) is 24.6 Å². The first kappa shape index (κ1) is 18.7. The summed E-state index contributed by atoms with van der Waals surface area (Å²) in [6.07, 6.45) is 6.17. The molecule has 28 heavy (non-hydrogen) atoms. The minimum Gasteiger partial charge on any atom is -0.378 e. The molecule has 2 aliphatic rings. The summed E-state index contributed by atoms with van der Waals surface area (Å²) in [5.41, 5.74) is 2.48. The maximum atomic E-state index is 12.9. The molecule has 1 aromatic carbocycles. The predicted molar refractivity (Wildman–Crippen MR) is 109 cm³/mol. The molecule has 2 aliphatic heterocycles. The quantitative estimate of drug-likeness (QED) is 0.878. The third-order valence-corrected chi connectivity index (χ3v) is 5.27. The second-order valence-corrected chi connectivity index (χ2v) is 7.21. The third kappa shape index (κ3) is 4.42. The number of likely N-dealkylation sites (tertiary alicyclic amines) is 1. The van der Waals surface area contributed by atoms with E-state index in [0.29, 0.717) is 11.6 Å². The summed E-state index contributed by atoms with van der Waals surface area (Å²) in [4.78, 5) is 25.9. The van der Waals surface area contributed by atoms with E-state index >= 15 is 0 Å². The van der Waals surface area contributed by atoms with Crippen molar-refractivity contribution < 1.29 is 9.53 Å². The Hall–Kier alpha value is -2.67. The maximum Gasteiger partial charge on any atom is 0.272 e. The lowest BCUT2D eigenvalue weighted by molar-refractivity contribution is 0.0755. The average molecular weight is 381 g/mol. The SMILES string of the molecule is O=C(c1ccnc(Nc2ccccc2N2CCOCC2)n1)N1CCCCCC1. The van der Waals surface area contributed by atoms with Crippen LogP contribution in [0.15, 0.2) is 36.5 Å². The Labute approximate surface area is 165 Å². The number of morpholine rings is 1. The van der Waals surface area contributed by atoms with Gasteiger partial charge < -0.3 is 19.9 Å². The van der Waals surface area contributed by atoms with E-state index in [1.54, 1.807) is 12.3 Å². The summed E-state index contributed by atoms with van der Waals surface area (Å²) < 4.78 is 5.46. The van der Waals surface area contributed by atoms with Gasteiger partial charge in [0.15, 0.2) is 0 Å². The highest BCUT2D eigenvalue weighted by Crippen LogP contribution is 2.28. The summed E-state index contributed by atoms with van der Waals surface area (Å²) in [7, 11) is 0. The molecule has 1 amide bonds. The lowest BCUT2D eigenvalue weighted by Crippen LogP contribution is -2.36. The number of ether oxygens (including phenoxy) is 1. The van der Waals surface area contributed by atoms with Crippen LogP contribution in [-0.2, 0) is 4.74 Å². The third-order valence-electron chi connectivity index (χ3n) is 5.27. The van der Waals surface area contributed by atoms with Crippen molar-refractivity contribution in [2.45, 2.75) is 25.7 Å². The molecule has 0 bridgehead atoms. The number of hydrogen-bond donors (Lipinski definition) is 1. The summed E-state index contributed by atoms with van der Waals surface area (Å²) in [6.45, 7) is 4.78. The summed E-state index contributed by atoms with van der Waals surface area (Å²) >= 11 is 0. The van der Waals surface area contributed by atoms with Gasteiger partial charge in [-0.25, -0.2) is 9.97 Å². The molecule has 0 atom stereocenters. The summed E-state index contributed by atoms with van der Waals surface area (Å²) in [5.74, 6) is 0.440. The fourth-order valence-corrected chi connectivity index (χ4v) is 3.75. The zero-order valence-corrected chi connectivity index (χ0v) is 16.1. The molecule has 2 saturated heterocycles. The fraction of sp³-hybridized carbons (Fsp3) is 0.476. The summed E-state index contributed by atoms with van der Waals surface area (Å²) in [5, 5.41) is 3.30. The number of hydrogen-bond acceptors (Lipinski definition) is 6. The van der Waals surface area contributed by atoms with Crippen molar-refractivity contribution >= 4 is 23.2 Å². The van der Waals surface area contributed by atoms with Crippen LogP contribution in [0.25, 0.3) is 0 Å². The van der Waals surface area contributed by atoms with Crippen LogP contribution in [0, 0.1) is 0 Å². The highest BCUT2D eigenvalue weighted by molar-refractivity contribution is 5.92. The van der Waals surface area contributed by atoms with Gasteiger partial charge in [-0.3, -0.25) is 4.79 Å². The number of nitrogens with zero attached hydrogens (tertiary/aromatic N) is 4. The number of benzene rings is 1. The van der Waals surface area contributed by atoms with Gasteiger partial charge in [-0.1, -0.05) is 25.0 Å². The second kappa shape index (κ2) is 9.01. The van der Waals surface area contributed by atoms with Crippen molar-refractivity contribution in [3.8, 4) is 0 Å². The molecule has 0 unspecified atom stereocenters. The number of aromatic nitrogens is 2. The number of amides is 1. The number of nitrogens with one attached hydrogen (secondary N) is 1. The molecule has 0 spiro atoms. The molecular weight excluding hydrogens is 354 g/mol. The van der Waals surface area contributed by atoms with Gasteiger partial charge in [-0.2, -0.15) is 0 Å². The minimum absolute atomic E-state index is 0.00573. The molecule has 1 N–H and O–H groups in total. The Morgan fingerprint density at radius 1 is 0.964 bits per heavy atom. The first-order valence-corrected chi connectivity index (χ1v) is 10.1. The smallest absolute Gasteiger partial charge is 0.272 e. The highest BCUT2D eigenvalue weighted by Gasteiger charge is 2.20. The van der Waals surface area contributed by atoms with Crippen LogP contribution in [0.3, 0.4) is 0 Å². The Kier molecular flexibility index (Phi) is 6.01. The maximum absolute atomic E-state index is 12.9. The van der Waals surface area contributed by atoms with Crippen molar-refractivity contribution in [1.82, 2.24) is 14.9 Å². The molecule has 2 aromatic rings. The number of para-hydroxylation sites is 2. The number of rotatable bonds is 4. The van der Waals surface area contributed by atoms with E-state index in [-0.39, 0.29) is 5.91 Å². The van der Waals surface area contributed by atoms with Crippen LogP contribution in [0.4, 0.5) is 17.3 Å². The Balaban J connectivity index is 1.52. The van der Waals surface area contributed by atoms with Gasteiger partial charge in [0, 0.05) is 32.4 Å². The molecule has 2 fully saturated rings. The molecular formula is C21H27N5O2. The van der Waals surface area contributed by atoms with E-state index in [1.165, 1.54) is 12.8 Å². The molecule has 1 aromatic heterocycles. The minimum atomic E-state index is -0.00573. The van der Waals surface area contributed by atoms with Crippen molar-refractivity contribution in [1.29, 1.82) is 0 Å². The molecule has 7 heteroatoms. The van der Waals surface area contributed by atoms with Crippen LogP contribution in [0.5, 0.6) is 0 Å². The van der Waals surface area contributed by atoms with Crippen LogP contribution < -0.4 is 10.2 Å². The van der Waals surface area contributed by atoms with Crippen molar-refractivity contribution in [3.05, 3.63) is 42.2 Å². The van der Waals surface area contributed by atoms with Crippen molar-refractivity contribution in [2.24, 2.45) is 0 Å². The first-order chi connectivity index (χ1) is 13.8. The van der Waals surface area contributed by atoms with Crippen LogP contribution in [0.1, 0.15) is 36.2 Å². The van der Waals surface area contributed by atoms with Gasteiger partial charge in [0.2, 0.25) is 5.95 Å². The Bertz CT molecular complexity index is 799. The Morgan fingerprint density at radius 2 is 1.71 bits per heavy atom. The average Bonchev–Trinajstić information content (AvgIpc) is 3.04. The van der Waals surface area contributed by atoms with Gasteiger partial charge in [0.25, 0.3) is 5.91 Å². The van der Waals surface area contributed by atoms with E-state index in [4.69, 9.17) is 4.74 Å². The fourth-order valence-electron chi connectivity index (χ4n) is 3.75. The van der Waals surface area contributed by atoms with Crippen molar-refractivity contribution in [3.63, 3.8) is 0 Å². The normalized spacial score (nSPS) is 17.9. The monoisotopic (exact) mass is 381 g/mol. The predicted octanol–water partition coefficient (Wildman–Crippen LogP) is 3.07. The lowest BCUT2D eigenvalue weighted by Gasteiger charge is -2.30. The number of anilines is 3. The largest absolute Gasteiger partial charge is 0.378 e. The zero-order valence-electron chi connectivity index (χ0n) is 16.1.